The molecule has 5 nitrogen and oxygen atoms in total. The highest BCUT2D eigenvalue weighted by Gasteiger charge is 2.04. The van der Waals surface area contributed by atoms with E-state index in [0.717, 1.165) is 11.3 Å². The molecule has 2 aromatic carbocycles. The first-order valence-corrected chi connectivity index (χ1v) is 6.90. The molecule has 0 aliphatic heterocycles. The number of hydrogen-bond acceptors (Lipinski definition) is 4. The Morgan fingerprint density at radius 1 is 1.23 bits per heavy atom. The van der Waals surface area contributed by atoms with Gasteiger partial charge in [-0.25, -0.2) is 5.43 Å². The van der Waals surface area contributed by atoms with Gasteiger partial charge in [0.05, 0.1) is 18.3 Å². The lowest BCUT2D eigenvalue weighted by Crippen LogP contribution is -2.24. The molecule has 114 valence electrons. The number of benzene rings is 2. The predicted octanol–water partition coefficient (Wildman–Crippen LogP) is 2.88. The number of hydrogen-bond donors (Lipinski definition) is 1. The van der Waals surface area contributed by atoms with Crippen molar-refractivity contribution in [3.05, 3.63) is 59.1 Å². The molecule has 0 atom stereocenters. The van der Waals surface area contributed by atoms with Crippen LogP contribution in [0.1, 0.15) is 5.56 Å². The van der Waals surface area contributed by atoms with Gasteiger partial charge in [0.25, 0.3) is 5.91 Å². The molecule has 0 saturated carbocycles. The third-order valence-corrected chi connectivity index (χ3v) is 3.03. The van der Waals surface area contributed by atoms with Crippen molar-refractivity contribution in [2.45, 2.75) is 0 Å². The largest absolute Gasteiger partial charge is 0.497 e. The normalized spacial score (nSPS) is 10.5. The Labute approximate surface area is 133 Å². The molecule has 22 heavy (non-hydrogen) atoms. The Bertz CT molecular complexity index is 657. The van der Waals surface area contributed by atoms with E-state index in [0.29, 0.717) is 10.8 Å². The molecule has 0 aliphatic rings. The highest BCUT2D eigenvalue weighted by atomic mass is 35.5. The molecular weight excluding hydrogens is 304 g/mol. The molecule has 0 saturated heterocycles. The van der Waals surface area contributed by atoms with Gasteiger partial charge in [-0.3, -0.25) is 4.79 Å². The summed E-state index contributed by atoms with van der Waals surface area (Å²) in [5, 5.41) is 4.31. The summed E-state index contributed by atoms with van der Waals surface area (Å²) in [6, 6.07) is 14.2. The first kappa shape index (κ1) is 15.9. The molecule has 0 fully saturated rings. The smallest absolute Gasteiger partial charge is 0.277 e. The summed E-state index contributed by atoms with van der Waals surface area (Å²) in [4.78, 5) is 11.6. The minimum atomic E-state index is -0.371. The topological polar surface area (TPSA) is 59.9 Å². The minimum Gasteiger partial charge on any atom is -0.497 e. The fraction of sp³-hybridized carbons (Fsp3) is 0.125. The van der Waals surface area contributed by atoms with Crippen LogP contribution in [0, 0.1) is 0 Å². The third-order valence-electron chi connectivity index (χ3n) is 2.71. The summed E-state index contributed by atoms with van der Waals surface area (Å²) in [6.07, 6.45) is 1.53. The molecule has 0 aromatic heterocycles. The van der Waals surface area contributed by atoms with Crippen LogP contribution in [0.15, 0.2) is 53.6 Å². The number of carbonyl (C=O) groups excluding carboxylic acids is 1. The van der Waals surface area contributed by atoms with Gasteiger partial charge in [-0.15, -0.1) is 0 Å². The lowest BCUT2D eigenvalue weighted by molar-refractivity contribution is -0.123. The summed E-state index contributed by atoms with van der Waals surface area (Å²) in [5.41, 5.74) is 3.22. The van der Waals surface area contributed by atoms with Crippen molar-refractivity contribution in [1.82, 2.24) is 5.43 Å². The van der Waals surface area contributed by atoms with Crippen molar-refractivity contribution in [1.29, 1.82) is 0 Å². The fourth-order valence-electron chi connectivity index (χ4n) is 1.61. The quantitative estimate of drug-likeness (QED) is 0.658. The van der Waals surface area contributed by atoms with E-state index in [4.69, 9.17) is 21.1 Å². The minimum absolute atomic E-state index is 0.163. The van der Waals surface area contributed by atoms with E-state index in [1.165, 1.54) is 6.21 Å². The number of halogens is 1. The molecule has 2 rings (SSSR count). The zero-order valence-corrected chi connectivity index (χ0v) is 12.7. The molecule has 1 amide bonds. The van der Waals surface area contributed by atoms with Gasteiger partial charge in [0, 0.05) is 0 Å². The average molecular weight is 319 g/mol. The van der Waals surface area contributed by atoms with Crippen molar-refractivity contribution in [3.8, 4) is 11.5 Å². The van der Waals surface area contributed by atoms with E-state index < -0.39 is 0 Å². The van der Waals surface area contributed by atoms with Gasteiger partial charge < -0.3 is 9.47 Å². The van der Waals surface area contributed by atoms with Crippen LogP contribution in [-0.2, 0) is 4.79 Å². The summed E-state index contributed by atoms with van der Waals surface area (Å²) < 4.78 is 10.4. The maximum Gasteiger partial charge on any atom is 0.277 e. The summed E-state index contributed by atoms with van der Waals surface area (Å²) in [7, 11) is 1.60. The van der Waals surface area contributed by atoms with Crippen molar-refractivity contribution < 1.29 is 14.3 Å². The molecule has 0 aliphatic carbocycles. The van der Waals surface area contributed by atoms with E-state index in [1.54, 1.807) is 31.4 Å². The van der Waals surface area contributed by atoms with Crippen LogP contribution >= 0.6 is 11.6 Å². The Hall–Kier alpha value is -2.53. The zero-order chi connectivity index (χ0) is 15.8. The van der Waals surface area contributed by atoms with Gasteiger partial charge in [-0.05, 0) is 42.0 Å². The SMILES string of the molecule is COc1ccc(/C=N/NC(=O)COc2ccccc2Cl)cc1. The number of hydrazone groups is 1. The van der Waals surface area contributed by atoms with Crippen LogP contribution in [0.3, 0.4) is 0 Å². The fourth-order valence-corrected chi connectivity index (χ4v) is 1.80. The second-order valence-electron chi connectivity index (χ2n) is 4.29. The lowest BCUT2D eigenvalue weighted by Gasteiger charge is -2.06. The third kappa shape index (κ3) is 4.79. The molecule has 1 N–H and O–H groups in total. The number of para-hydroxylation sites is 1. The van der Waals surface area contributed by atoms with Gasteiger partial charge in [0.2, 0.25) is 0 Å². The highest BCUT2D eigenvalue weighted by Crippen LogP contribution is 2.22. The number of nitrogens with zero attached hydrogens (tertiary/aromatic N) is 1. The van der Waals surface area contributed by atoms with Crippen molar-refractivity contribution >= 4 is 23.7 Å². The van der Waals surface area contributed by atoms with Crippen LogP contribution in [0.2, 0.25) is 5.02 Å². The van der Waals surface area contributed by atoms with Crippen molar-refractivity contribution in [3.63, 3.8) is 0 Å². The molecular formula is C16H15ClN2O3. The maximum absolute atomic E-state index is 11.6. The average Bonchev–Trinajstić information content (AvgIpc) is 2.55. The molecule has 0 spiro atoms. The predicted molar refractivity (Wildman–Crippen MR) is 85.7 cm³/mol. The first-order valence-electron chi connectivity index (χ1n) is 6.52. The molecule has 0 unspecified atom stereocenters. The Morgan fingerprint density at radius 2 is 1.95 bits per heavy atom. The first-order chi connectivity index (χ1) is 10.7. The van der Waals surface area contributed by atoms with E-state index >= 15 is 0 Å². The summed E-state index contributed by atoms with van der Waals surface area (Å²) in [6.45, 7) is -0.163. The van der Waals surface area contributed by atoms with Crippen LogP contribution in [0.25, 0.3) is 0 Å². The number of nitrogens with one attached hydrogen (secondary N) is 1. The number of amides is 1. The molecule has 6 heteroatoms. The van der Waals surface area contributed by atoms with Gasteiger partial charge in [0.1, 0.15) is 11.5 Å². The number of rotatable bonds is 6. The van der Waals surface area contributed by atoms with Crippen LogP contribution in [-0.4, -0.2) is 25.8 Å². The van der Waals surface area contributed by atoms with E-state index in [9.17, 15) is 4.79 Å². The zero-order valence-electron chi connectivity index (χ0n) is 12.0. The molecule has 0 radical (unpaired) electrons. The van der Waals surface area contributed by atoms with E-state index in [2.05, 4.69) is 10.5 Å². The number of ether oxygens (including phenoxy) is 2. The van der Waals surface area contributed by atoms with Gasteiger partial charge in [-0.2, -0.15) is 5.10 Å². The highest BCUT2D eigenvalue weighted by molar-refractivity contribution is 6.32. The number of carbonyl (C=O) groups is 1. The van der Waals surface area contributed by atoms with E-state index in [1.807, 2.05) is 24.3 Å². The van der Waals surface area contributed by atoms with Crippen LogP contribution in [0.4, 0.5) is 0 Å². The van der Waals surface area contributed by atoms with Crippen molar-refractivity contribution in [2.24, 2.45) is 5.10 Å². The standard InChI is InChI=1S/C16H15ClN2O3/c1-21-13-8-6-12(7-9-13)10-18-19-16(20)11-22-15-5-3-2-4-14(15)17/h2-10H,11H2,1H3,(H,19,20)/b18-10+. The van der Waals surface area contributed by atoms with Gasteiger partial charge in [-0.1, -0.05) is 23.7 Å². The second-order valence-corrected chi connectivity index (χ2v) is 4.69. The summed E-state index contributed by atoms with van der Waals surface area (Å²) in [5.74, 6) is 0.845. The second kappa shape index (κ2) is 8.05. The Balaban J connectivity index is 1.79. The molecule has 2 aromatic rings. The molecule has 0 heterocycles. The number of methoxy groups -OCH3 is 1. The Kier molecular flexibility index (Phi) is 5.80. The monoisotopic (exact) mass is 318 g/mol. The summed E-state index contributed by atoms with van der Waals surface area (Å²) >= 11 is 5.92. The maximum atomic E-state index is 11.6. The lowest BCUT2D eigenvalue weighted by atomic mass is 10.2. The van der Waals surface area contributed by atoms with E-state index in [-0.39, 0.29) is 12.5 Å². The van der Waals surface area contributed by atoms with Gasteiger partial charge >= 0.3 is 0 Å². The van der Waals surface area contributed by atoms with Gasteiger partial charge in [0.15, 0.2) is 6.61 Å². The van der Waals surface area contributed by atoms with Crippen LogP contribution < -0.4 is 14.9 Å². The van der Waals surface area contributed by atoms with Crippen LogP contribution in [0.5, 0.6) is 11.5 Å². The molecule has 0 bridgehead atoms. The Morgan fingerprint density at radius 3 is 2.64 bits per heavy atom. The van der Waals surface area contributed by atoms with Crippen molar-refractivity contribution in [2.75, 3.05) is 13.7 Å².